The van der Waals surface area contributed by atoms with E-state index in [1.807, 2.05) is 18.2 Å². The second-order valence-corrected chi connectivity index (χ2v) is 7.77. The standard InChI is InChI=1S/C22H24N6O/c29-22(16-7-9-23-10-8-16)27-21-20(24-11-12-25-21)17-13-28(14-17)19-6-5-15-3-1-2-4-18(15)26-19/h1-6,11-12,16-17,23H,7-10,13-14H2,(H,25,27,29). The van der Waals surface area contributed by atoms with Gasteiger partial charge in [0.1, 0.15) is 5.82 Å². The van der Waals surface area contributed by atoms with Gasteiger partial charge in [-0.3, -0.25) is 9.78 Å². The molecule has 0 spiro atoms. The molecule has 0 atom stereocenters. The van der Waals surface area contributed by atoms with E-state index in [1.54, 1.807) is 12.4 Å². The first-order valence-electron chi connectivity index (χ1n) is 10.2. The zero-order chi connectivity index (χ0) is 19.6. The Morgan fingerprint density at radius 1 is 1.03 bits per heavy atom. The number of nitrogens with one attached hydrogen (secondary N) is 2. The van der Waals surface area contributed by atoms with Crippen LogP contribution in [0.25, 0.3) is 10.9 Å². The van der Waals surface area contributed by atoms with Crippen molar-refractivity contribution in [1.82, 2.24) is 20.3 Å². The number of nitrogens with zero attached hydrogens (tertiary/aromatic N) is 4. The van der Waals surface area contributed by atoms with Crippen LogP contribution in [0.1, 0.15) is 24.5 Å². The van der Waals surface area contributed by atoms with E-state index in [0.717, 1.165) is 61.4 Å². The monoisotopic (exact) mass is 388 g/mol. The van der Waals surface area contributed by atoms with E-state index in [1.165, 1.54) is 0 Å². The number of anilines is 2. The molecule has 29 heavy (non-hydrogen) atoms. The van der Waals surface area contributed by atoms with E-state index >= 15 is 0 Å². The molecule has 1 aromatic carbocycles. The Morgan fingerprint density at radius 3 is 2.69 bits per heavy atom. The Labute approximate surface area is 169 Å². The first-order valence-corrected chi connectivity index (χ1v) is 10.2. The number of piperidine rings is 1. The molecule has 2 N–H and O–H groups in total. The van der Waals surface area contributed by atoms with E-state index < -0.39 is 0 Å². The summed E-state index contributed by atoms with van der Waals surface area (Å²) in [6.45, 7) is 3.42. The minimum Gasteiger partial charge on any atom is -0.355 e. The number of carbonyl (C=O) groups excluding carboxylic acids is 1. The van der Waals surface area contributed by atoms with E-state index in [2.05, 4.69) is 43.7 Å². The summed E-state index contributed by atoms with van der Waals surface area (Å²) >= 11 is 0. The maximum atomic E-state index is 12.6. The predicted molar refractivity (Wildman–Crippen MR) is 113 cm³/mol. The number of aromatic nitrogens is 3. The van der Waals surface area contributed by atoms with Crippen LogP contribution in [-0.4, -0.2) is 47.0 Å². The van der Waals surface area contributed by atoms with Gasteiger partial charge >= 0.3 is 0 Å². The van der Waals surface area contributed by atoms with Crippen LogP contribution < -0.4 is 15.5 Å². The van der Waals surface area contributed by atoms with Gasteiger partial charge in [-0.25, -0.2) is 9.97 Å². The van der Waals surface area contributed by atoms with E-state index in [9.17, 15) is 4.79 Å². The second-order valence-electron chi connectivity index (χ2n) is 7.77. The molecular formula is C22H24N6O. The van der Waals surface area contributed by atoms with Crippen LogP contribution in [0, 0.1) is 5.92 Å². The first-order chi connectivity index (χ1) is 14.3. The van der Waals surface area contributed by atoms with Crippen LogP contribution >= 0.6 is 0 Å². The van der Waals surface area contributed by atoms with Gasteiger partial charge in [0.25, 0.3) is 0 Å². The summed E-state index contributed by atoms with van der Waals surface area (Å²) in [7, 11) is 0. The maximum absolute atomic E-state index is 12.6. The fourth-order valence-corrected chi connectivity index (χ4v) is 4.12. The Hall–Kier alpha value is -3.06. The zero-order valence-corrected chi connectivity index (χ0v) is 16.2. The summed E-state index contributed by atoms with van der Waals surface area (Å²) in [5.74, 6) is 1.92. The minimum atomic E-state index is 0.0470. The summed E-state index contributed by atoms with van der Waals surface area (Å²) in [6, 6.07) is 12.3. The SMILES string of the molecule is O=C(Nc1nccnc1C1CN(c2ccc3ccccc3n2)C1)C1CCNCC1. The summed E-state index contributed by atoms with van der Waals surface area (Å²) in [5.41, 5.74) is 1.87. The molecule has 0 unspecified atom stereocenters. The highest BCUT2D eigenvalue weighted by Crippen LogP contribution is 2.33. The third kappa shape index (κ3) is 3.65. The Kier molecular flexibility index (Phi) is 4.81. The van der Waals surface area contributed by atoms with Crippen molar-refractivity contribution in [3.63, 3.8) is 0 Å². The molecule has 0 aliphatic carbocycles. The summed E-state index contributed by atoms with van der Waals surface area (Å²) in [4.78, 5) is 28.6. The van der Waals surface area contributed by atoms with Gasteiger partial charge in [0.15, 0.2) is 5.82 Å². The van der Waals surface area contributed by atoms with Gasteiger partial charge in [-0.15, -0.1) is 0 Å². The highest BCUT2D eigenvalue weighted by Gasteiger charge is 2.33. The predicted octanol–water partition coefficient (Wildman–Crippen LogP) is 2.57. The Balaban J connectivity index is 1.28. The lowest BCUT2D eigenvalue weighted by atomic mass is 9.94. The fourth-order valence-electron chi connectivity index (χ4n) is 4.12. The third-order valence-corrected chi connectivity index (χ3v) is 5.85. The van der Waals surface area contributed by atoms with Gasteiger partial charge in [0.2, 0.25) is 5.91 Å². The van der Waals surface area contributed by atoms with E-state index in [-0.39, 0.29) is 17.7 Å². The third-order valence-electron chi connectivity index (χ3n) is 5.85. The summed E-state index contributed by atoms with van der Waals surface area (Å²) < 4.78 is 0. The zero-order valence-electron chi connectivity index (χ0n) is 16.2. The number of para-hydroxylation sites is 1. The molecule has 2 aliphatic heterocycles. The molecule has 2 fully saturated rings. The molecule has 7 nitrogen and oxygen atoms in total. The molecule has 7 heteroatoms. The van der Waals surface area contributed by atoms with Gasteiger partial charge in [0, 0.05) is 42.7 Å². The number of rotatable bonds is 4. The maximum Gasteiger partial charge on any atom is 0.228 e. The molecule has 4 heterocycles. The van der Waals surface area contributed by atoms with Crippen molar-refractivity contribution in [3.05, 3.63) is 54.5 Å². The average molecular weight is 388 g/mol. The van der Waals surface area contributed by atoms with Crippen molar-refractivity contribution in [3.8, 4) is 0 Å². The largest absolute Gasteiger partial charge is 0.355 e. The van der Waals surface area contributed by atoms with Crippen LogP contribution in [0.3, 0.4) is 0 Å². The lowest BCUT2D eigenvalue weighted by Gasteiger charge is -2.40. The molecule has 2 aliphatic rings. The molecule has 1 amide bonds. The number of hydrogen-bond donors (Lipinski definition) is 2. The molecule has 0 saturated carbocycles. The number of fused-ring (bicyclic) bond motifs is 1. The van der Waals surface area contributed by atoms with Crippen LogP contribution in [0.2, 0.25) is 0 Å². The van der Waals surface area contributed by atoms with Crippen LogP contribution in [0.4, 0.5) is 11.6 Å². The average Bonchev–Trinajstić information content (AvgIpc) is 2.74. The van der Waals surface area contributed by atoms with Gasteiger partial charge in [-0.2, -0.15) is 0 Å². The normalized spacial score (nSPS) is 17.9. The second kappa shape index (κ2) is 7.75. The number of carbonyl (C=O) groups is 1. The minimum absolute atomic E-state index is 0.0470. The highest BCUT2D eigenvalue weighted by molar-refractivity contribution is 5.92. The molecule has 2 aromatic heterocycles. The molecule has 0 bridgehead atoms. The Bertz CT molecular complexity index is 1030. The lowest BCUT2D eigenvalue weighted by molar-refractivity contribution is -0.120. The summed E-state index contributed by atoms with van der Waals surface area (Å²) in [6.07, 6.45) is 5.08. The van der Waals surface area contributed by atoms with E-state index in [0.29, 0.717) is 5.82 Å². The van der Waals surface area contributed by atoms with E-state index in [4.69, 9.17) is 4.98 Å². The van der Waals surface area contributed by atoms with Crippen molar-refractivity contribution in [2.24, 2.45) is 5.92 Å². The number of benzene rings is 1. The topological polar surface area (TPSA) is 83.0 Å². The highest BCUT2D eigenvalue weighted by atomic mass is 16.2. The van der Waals surface area contributed by atoms with Crippen molar-refractivity contribution >= 4 is 28.4 Å². The first kappa shape index (κ1) is 18.0. The van der Waals surface area contributed by atoms with Crippen LogP contribution in [0.15, 0.2) is 48.8 Å². The molecule has 3 aromatic rings. The van der Waals surface area contributed by atoms with Crippen molar-refractivity contribution in [1.29, 1.82) is 0 Å². The molecule has 148 valence electrons. The lowest BCUT2D eigenvalue weighted by Crippen LogP contribution is -2.46. The quantitative estimate of drug-likeness (QED) is 0.715. The van der Waals surface area contributed by atoms with Gasteiger partial charge in [-0.05, 0) is 44.1 Å². The smallest absolute Gasteiger partial charge is 0.228 e. The van der Waals surface area contributed by atoms with Gasteiger partial charge in [0.05, 0.1) is 11.2 Å². The van der Waals surface area contributed by atoms with Gasteiger partial charge in [-0.1, -0.05) is 18.2 Å². The summed E-state index contributed by atoms with van der Waals surface area (Å²) in [5, 5.41) is 7.47. The number of hydrogen-bond acceptors (Lipinski definition) is 6. The molecule has 0 radical (unpaired) electrons. The number of amides is 1. The molecular weight excluding hydrogens is 364 g/mol. The fraction of sp³-hybridized carbons (Fsp3) is 0.364. The van der Waals surface area contributed by atoms with Crippen LogP contribution in [-0.2, 0) is 4.79 Å². The molecule has 2 saturated heterocycles. The molecule has 5 rings (SSSR count). The van der Waals surface area contributed by atoms with Crippen LogP contribution in [0.5, 0.6) is 0 Å². The van der Waals surface area contributed by atoms with Crippen molar-refractivity contribution in [2.45, 2.75) is 18.8 Å². The van der Waals surface area contributed by atoms with Gasteiger partial charge < -0.3 is 15.5 Å². The van der Waals surface area contributed by atoms with Crippen molar-refractivity contribution < 1.29 is 4.79 Å². The Morgan fingerprint density at radius 2 is 1.83 bits per heavy atom. The van der Waals surface area contributed by atoms with Crippen molar-refractivity contribution in [2.75, 3.05) is 36.4 Å². The number of pyridine rings is 1.